The average Bonchev–Trinajstić information content (AvgIpc) is 2.51. The summed E-state index contributed by atoms with van der Waals surface area (Å²) in [4.78, 5) is 16.4. The van der Waals surface area contributed by atoms with Gasteiger partial charge in [0.25, 0.3) is 0 Å². The predicted octanol–water partition coefficient (Wildman–Crippen LogP) is 1.63. The van der Waals surface area contributed by atoms with Crippen LogP contribution in [-0.2, 0) is 4.79 Å². The van der Waals surface area contributed by atoms with Crippen LogP contribution in [0.5, 0.6) is 0 Å². The maximum Gasteiger partial charge on any atom is 0.144 e. The van der Waals surface area contributed by atoms with Gasteiger partial charge >= 0.3 is 0 Å². The molecule has 0 aliphatic carbocycles. The van der Waals surface area contributed by atoms with Gasteiger partial charge in [-0.1, -0.05) is 31.4 Å². The molecule has 22 heavy (non-hydrogen) atoms. The number of likely N-dealkylation sites (tertiary alicyclic amines) is 2. The van der Waals surface area contributed by atoms with Gasteiger partial charge < -0.3 is 9.90 Å². The summed E-state index contributed by atoms with van der Waals surface area (Å²) in [6.45, 7) is 14.6. The highest BCUT2D eigenvalue weighted by atomic mass is 16.3. The number of aldehydes is 1. The van der Waals surface area contributed by atoms with E-state index >= 15 is 0 Å². The Kier molecular flexibility index (Phi) is 5.37. The van der Waals surface area contributed by atoms with Crippen molar-refractivity contribution >= 4 is 6.29 Å². The number of rotatable bonds is 7. The number of carbonyl (C=O) groups excluding carboxylic acids is 1. The Balaban J connectivity index is 2.01. The third-order valence-electron chi connectivity index (χ3n) is 5.35. The van der Waals surface area contributed by atoms with E-state index in [9.17, 15) is 4.79 Å². The van der Waals surface area contributed by atoms with Crippen LogP contribution in [0.3, 0.4) is 0 Å². The zero-order valence-corrected chi connectivity index (χ0v) is 13.6. The first-order chi connectivity index (χ1) is 10.5. The first-order valence-corrected chi connectivity index (χ1v) is 8.04. The zero-order chi connectivity index (χ0) is 16.2. The number of carbonyl (C=O) groups is 1. The van der Waals surface area contributed by atoms with Crippen LogP contribution in [0.1, 0.15) is 19.8 Å². The number of β-amino-alcohol motifs (C(OH)–C–C–N with tert-alkyl or cyclic N) is 1. The molecule has 2 rings (SSSR count). The van der Waals surface area contributed by atoms with E-state index in [1.807, 2.05) is 13.0 Å². The lowest BCUT2D eigenvalue weighted by molar-refractivity contribution is -0.119. The van der Waals surface area contributed by atoms with E-state index < -0.39 is 5.54 Å². The molecule has 1 unspecified atom stereocenters. The van der Waals surface area contributed by atoms with Gasteiger partial charge in [0.2, 0.25) is 0 Å². The number of nitrogens with zero attached hydrogens (tertiary/aromatic N) is 2. The fourth-order valence-electron chi connectivity index (χ4n) is 3.86. The Bertz CT molecular complexity index is 456. The summed E-state index contributed by atoms with van der Waals surface area (Å²) in [5.74, 6) is 0. The van der Waals surface area contributed by atoms with Crippen LogP contribution >= 0.6 is 0 Å². The topological polar surface area (TPSA) is 43.8 Å². The fourth-order valence-corrected chi connectivity index (χ4v) is 3.86. The number of aliphatic hydroxyl groups excluding tert-OH is 1. The van der Waals surface area contributed by atoms with Gasteiger partial charge in [-0.3, -0.25) is 9.80 Å². The minimum atomic E-state index is -0.619. The number of piperidine rings is 1. The van der Waals surface area contributed by atoms with Gasteiger partial charge in [0.15, 0.2) is 0 Å². The van der Waals surface area contributed by atoms with Crippen LogP contribution in [0.15, 0.2) is 37.0 Å². The minimum absolute atomic E-state index is 0.237. The molecule has 2 aliphatic heterocycles. The molecule has 1 spiro atoms. The lowest BCUT2D eigenvalue weighted by Crippen LogP contribution is -2.63. The highest BCUT2D eigenvalue weighted by Gasteiger charge is 2.47. The van der Waals surface area contributed by atoms with Gasteiger partial charge in [0, 0.05) is 32.7 Å². The molecule has 0 aromatic heterocycles. The quantitative estimate of drug-likeness (QED) is 0.573. The van der Waals surface area contributed by atoms with E-state index in [4.69, 9.17) is 5.11 Å². The maximum atomic E-state index is 11.8. The fraction of sp³-hybridized carbons (Fsp3) is 0.611. The van der Waals surface area contributed by atoms with E-state index in [1.165, 1.54) is 0 Å². The van der Waals surface area contributed by atoms with E-state index in [0.29, 0.717) is 5.41 Å². The number of hydrogen-bond donors (Lipinski definition) is 1. The van der Waals surface area contributed by atoms with Crippen molar-refractivity contribution in [3.63, 3.8) is 0 Å². The van der Waals surface area contributed by atoms with Crippen LogP contribution in [0.25, 0.3) is 0 Å². The minimum Gasteiger partial charge on any atom is -0.395 e. The molecule has 2 heterocycles. The van der Waals surface area contributed by atoms with Crippen LogP contribution in [0.4, 0.5) is 0 Å². The Morgan fingerprint density at radius 1 is 1.32 bits per heavy atom. The summed E-state index contributed by atoms with van der Waals surface area (Å²) in [5.41, 5.74) is 0.682. The lowest BCUT2D eigenvalue weighted by Gasteiger charge is -2.56. The van der Waals surface area contributed by atoms with Crippen LogP contribution in [0.2, 0.25) is 0 Å². The van der Waals surface area contributed by atoms with Crippen LogP contribution in [0, 0.1) is 5.41 Å². The molecule has 0 aromatic carbocycles. The lowest BCUT2D eigenvalue weighted by atomic mass is 9.71. The van der Waals surface area contributed by atoms with E-state index in [-0.39, 0.29) is 6.61 Å². The van der Waals surface area contributed by atoms with Gasteiger partial charge in [-0.2, -0.15) is 0 Å². The van der Waals surface area contributed by atoms with Crippen molar-refractivity contribution < 1.29 is 9.90 Å². The summed E-state index contributed by atoms with van der Waals surface area (Å²) >= 11 is 0. The van der Waals surface area contributed by atoms with Gasteiger partial charge in [0.05, 0.1) is 12.1 Å². The molecule has 2 saturated heterocycles. The second-order valence-electron chi connectivity index (χ2n) is 6.75. The third kappa shape index (κ3) is 3.09. The van der Waals surface area contributed by atoms with Gasteiger partial charge in [-0.05, 0) is 30.8 Å². The van der Waals surface area contributed by atoms with E-state index in [2.05, 4.69) is 23.0 Å². The van der Waals surface area contributed by atoms with Crippen molar-refractivity contribution in [2.75, 3.05) is 39.3 Å². The molecule has 4 nitrogen and oxygen atoms in total. The molecule has 1 N–H and O–H groups in total. The zero-order valence-electron chi connectivity index (χ0n) is 13.6. The smallest absolute Gasteiger partial charge is 0.144 e. The molecule has 0 saturated carbocycles. The number of allylic oxidation sites excluding steroid dienone is 2. The van der Waals surface area contributed by atoms with Crippen molar-refractivity contribution in [2.24, 2.45) is 5.41 Å². The summed E-state index contributed by atoms with van der Waals surface area (Å²) in [7, 11) is 0. The van der Waals surface area contributed by atoms with Crippen LogP contribution < -0.4 is 0 Å². The monoisotopic (exact) mass is 304 g/mol. The summed E-state index contributed by atoms with van der Waals surface area (Å²) in [5, 5.41) is 9.00. The standard InChI is InChI=1S/C18H28N2O2/c1-4-6-16(5-2)17(3,15-22)20-9-7-18(8-10-20)13-19(14-18)11-12-21/h4-6,15,21H,1-2,7-14H2,3H3/b16-6+. The summed E-state index contributed by atoms with van der Waals surface area (Å²) in [6, 6.07) is 0. The molecule has 4 heteroatoms. The van der Waals surface area contributed by atoms with Crippen molar-refractivity contribution in [3.05, 3.63) is 37.0 Å². The molecule has 0 radical (unpaired) electrons. The molecular weight excluding hydrogens is 276 g/mol. The van der Waals surface area contributed by atoms with Crippen molar-refractivity contribution in [3.8, 4) is 0 Å². The molecule has 2 fully saturated rings. The maximum absolute atomic E-state index is 11.8. The normalized spacial score (nSPS) is 25.3. The average molecular weight is 304 g/mol. The Morgan fingerprint density at radius 3 is 2.41 bits per heavy atom. The SMILES string of the molecule is C=C/C=C(\C=C)C(C)(C=O)N1CCC2(CC1)CN(CCO)C2. The molecule has 1 atom stereocenters. The van der Waals surface area contributed by atoms with Gasteiger partial charge in [0.1, 0.15) is 6.29 Å². The molecule has 0 bridgehead atoms. The largest absolute Gasteiger partial charge is 0.395 e. The molecule has 122 valence electrons. The third-order valence-corrected chi connectivity index (χ3v) is 5.35. The first kappa shape index (κ1) is 17.1. The Morgan fingerprint density at radius 2 is 1.95 bits per heavy atom. The molecule has 2 aliphatic rings. The first-order valence-electron chi connectivity index (χ1n) is 8.04. The number of aliphatic hydroxyl groups is 1. The predicted molar refractivity (Wildman–Crippen MR) is 89.7 cm³/mol. The molecule has 0 aromatic rings. The Hall–Kier alpha value is -1.23. The molecular formula is C18H28N2O2. The highest BCUT2D eigenvalue weighted by Crippen LogP contribution is 2.42. The van der Waals surface area contributed by atoms with Gasteiger partial charge in [-0.15, -0.1) is 0 Å². The Labute approximate surface area is 133 Å². The van der Waals surface area contributed by atoms with Crippen molar-refractivity contribution in [1.82, 2.24) is 9.80 Å². The molecule has 0 amide bonds. The second kappa shape index (κ2) is 6.90. The van der Waals surface area contributed by atoms with Crippen LogP contribution in [-0.4, -0.2) is 66.1 Å². The van der Waals surface area contributed by atoms with Crippen molar-refractivity contribution in [1.29, 1.82) is 0 Å². The van der Waals surface area contributed by atoms with E-state index in [0.717, 1.165) is 57.4 Å². The second-order valence-corrected chi connectivity index (χ2v) is 6.75. The number of hydrogen-bond acceptors (Lipinski definition) is 4. The summed E-state index contributed by atoms with van der Waals surface area (Å²) < 4.78 is 0. The highest BCUT2D eigenvalue weighted by molar-refractivity contribution is 5.71. The van der Waals surface area contributed by atoms with E-state index in [1.54, 1.807) is 12.2 Å². The van der Waals surface area contributed by atoms with Crippen molar-refractivity contribution in [2.45, 2.75) is 25.3 Å². The summed E-state index contributed by atoms with van der Waals surface area (Å²) in [6.07, 6.45) is 8.59. The van der Waals surface area contributed by atoms with Gasteiger partial charge in [-0.25, -0.2) is 0 Å².